The van der Waals surface area contributed by atoms with Gasteiger partial charge in [-0.05, 0) is 57.2 Å². The van der Waals surface area contributed by atoms with Crippen LogP contribution in [0.3, 0.4) is 0 Å². The van der Waals surface area contributed by atoms with E-state index in [1.54, 1.807) is 6.26 Å². The number of hydrogen-bond acceptors (Lipinski definition) is 8. The van der Waals surface area contributed by atoms with Crippen molar-refractivity contribution in [2.45, 2.75) is 92.9 Å². The second-order valence-electron chi connectivity index (χ2n) is 10.3. The van der Waals surface area contributed by atoms with Gasteiger partial charge < -0.3 is 30.7 Å². The lowest BCUT2D eigenvalue weighted by atomic mass is 9.50. The second-order valence-corrected chi connectivity index (χ2v) is 11.2. The number of likely N-dealkylation sites (tertiary alicyclic amines) is 1. The number of aliphatic hydroxyl groups excluding tert-OH is 3. The minimum Gasteiger partial charge on any atom is -0.388 e. The molecule has 0 radical (unpaired) electrons. The predicted molar refractivity (Wildman–Crippen MR) is 120 cm³/mol. The van der Waals surface area contributed by atoms with Gasteiger partial charge in [0.1, 0.15) is 29.9 Å². The molecule has 0 aromatic rings. The molecule has 2 saturated heterocycles. The highest BCUT2D eigenvalue weighted by atomic mass is 32.2. The summed E-state index contributed by atoms with van der Waals surface area (Å²) in [5.74, 6) is 1.30. The summed E-state index contributed by atoms with van der Waals surface area (Å²) in [7, 11) is 1.99. The fourth-order valence-electron chi connectivity index (χ4n) is 5.98. The Hall–Kier alpha value is -0.420. The van der Waals surface area contributed by atoms with Crippen LogP contribution in [-0.4, -0.2) is 100.0 Å². The molecular weight excluding hydrogens is 418 g/mol. The van der Waals surface area contributed by atoms with Gasteiger partial charge in [0, 0.05) is 18.6 Å². The van der Waals surface area contributed by atoms with Gasteiger partial charge >= 0.3 is 0 Å². The van der Waals surface area contributed by atoms with Crippen molar-refractivity contribution in [2.75, 3.05) is 26.4 Å². The summed E-state index contributed by atoms with van der Waals surface area (Å²) < 4.78 is 6.01. The Morgan fingerprint density at radius 3 is 2.52 bits per heavy atom. The van der Waals surface area contributed by atoms with Crippen molar-refractivity contribution >= 4 is 17.7 Å². The highest BCUT2D eigenvalue weighted by Gasteiger charge is 2.57. The molecule has 0 aromatic carbocycles. The van der Waals surface area contributed by atoms with E-state index in [9.17, 15) is 20.1 Å². The van der Waals surface area contributed by atoms with Gasteiger partial charge in [0.2, 0.25) is 5.91 Å². The number of rotatable bonds is 9. The first-order valence-electron chi connectivity index (χ1n) is 11.7. The highest BCUT2D eigenvalue weighted by molar-refractivity contribution is 7.99. The molecule has 31 heavy (non-hydrogen) atoms. The molecule has 8 nitrogen and oxygen atoms in total. The molecule has 5 N–H and O–H groups in total. The molecule has 5 aliphatic rings. The van der Waals surface area contributed by atoms with Gasteiger partial charge in [-0.25, -0.2) is 0 Å². The van der Waals surface area contributed by atoms with Gasteiger partial charge in [-0.1, -0.05) is 13.3 Å². The maximum absolute atomic E-state index is 13.2. The molecule has 3 aliphatic carbocycles. The molecule has 5 rings (SSSR count). The fraction of sp³-hybridized carbons (Fsp3) is 0.955. The van der Waals surface area contributed by atoms with E-state index in [2.05, 4.69) is 22.5 Å². The average molecular weight is 458 g/mol. The first kappa shape index (κ1) is 23.7. The number of amides is 1. The molecular formula is C22H39N3O5S. The molecule has 0 aromatic heterocycles. The van der Waals surface area contributed by atoms with Crippen molar-refractivity contribution in [2.24, 2.45) is 11.8 Å². The first-order chi connectivity index (χ1) is 14.8. The van der Waals surface area contributed by atoms with E-state index in [1.165, 1.54) is 31.0 Å². The third kappa shape index (κ3) is 4.65. The van der Waals surface area contributed by atoms with Crippen molar-refractivity contribution < 1.29 is 24.9 Å². The standard InChI is InChI=1S/C22H39N3O5S/c1-4-5-12-6-15(25(2)11-12)20(29)24-14(10-23-22-7-13(8-22)9-22)19-17(27)16(26)18(28)21(30-19)31-3/h12-19,21,23,26-28H,4-11H2,1-3H3,(H,24,29)/t12?,13?,14-,15+,16?,17?,18-,19-,21?,22?/m1/s1. The molecule has 2 heterocycles. The van der Waals surface area contributed by atoms with Gasteiger partial charge in [0.15, 0.2) is 0 Å². The number of ether oxygens (including phenoxy) is 1. The number of nitrogens with zero attached hydrogens (tertiary/aromatic N) is 1. The largest absolute Gasteiger partial charge is 0.388 e. The van der Waals surface area contributed by atoms with Gasteiger partial charge in [-0.3, -0.25) is 9.69 Å². The minimum absolute atomic E-state index is 0.0531. The third-order valence-electron chi connectivity index (χ3n) is 7.93. The molecule has 5 fully saturated rings. The van der Waals surface area contributed by atoms with Gasteiger partial charge in [-0.2, -0.15) is 0 Å². The smallest absolute Gasteiger partial charge is 0.237 e. The maximum Gasteiger partial charge on any atom is 0.237 e. The van der Waals surface area contributed by atoms with Crippen LogP contribution < -0.4 is 10.6 Å². The second kappa shape index (κ2) is 9.44. The Kier molecular flexibility index (Phi) is 7.23. The van der Waals surface area contributed by atoms with Crippen LogP contribution >= 0.6 is 11.8 Å². The van der Waals surface area contributed by atoms with Crippen LogP contribution in [0.4, 0.5) is 0 Å². The van der Waals surface area contributed by atoms with Crippen LogP contribution in [0.15, 0.2) is 0 Å². The van der Waals surface area contributed by atoms with Crippen molar-refractivity contribution in [1.82, 2.24) is 15.5 Å². The summed E-state index contributed by atoms with van der Waals surface area (Å²) in [5, 5.41) is 38.1. The van der Waals surface area contributed by atoms with Gasteiger partial charge in [-0.15, -0.1) is 11.8 Å². The Morgan fingerprint density at radius 1 is 1.23 bits per heavy atom. The zero-order valence-electron chi connectivity index (χ0n) is 18.9. The summed E-state index contributed by atoms with van der Waals surface area (Å²) in [6, 6.07) is -0.687. The van der Waals surface area contributed by atoms with Crippen molar-refractivity contribution in [1.29, 1.82) is 0 Å². The van der Waals surface area contributed by atoms with Gasteiger partial charge in [0.25, 0.3) is 0 Å². The van der Waals surface area contributed by atoms with E-state index in [-0.39, 0.29) is 17.5 Å². The Morgan fingerprint density at radius 2 is 1.94 bits per heavy atom. The number of carbonyl (C=O) groups is 1. The average Bonchev–Trinajstić information content (AvgIpc) is 3.04. The summed E-state index contributed by atoms with van der Waals surface area (Å²) in [4.78, 5) is 15.4. The molecule has 4 unspecified atom stereocenters. The number of thioether (sulfide) groups is 1. The lowest BCUT2D eigenvalue weighted by molar-refractivity contribution is -0.205. The lowest BCUT2D eigenvalue weighted by Crippen LogP contribution is -2.71. The van der Waals surface area contributed by atoms with Crippen LogP contribution in [0.2, 0.25) is 0 Å². The molecule has 1 amide bonds. The lowest BCUT2D eigenvalue weighted by Gasteiger charge is -2.62. The van der Waals surface area contributed by atoms with Crippen molar-refractivity contribution in [3.05, 3.63) is 0 Å². The molecule has 0 spiro atoms. The number of aliphatic hydroxyl groups is 3. The topological polar surface area (TPSA) is 114 Å². The molecule has 9 heteroatoms. The Bertz CT molecular complexity index is 636. The molecule has 8 atom stereocenters. The van der Waals surface area contributed by atoms with Crippen LogP contribution in [0.1, 0.15) is 45.4 Å². The quantitative estimate of drug-likeness (QED) is 0.326. The van der Waals surface area contributed by atoms with Gasteiger partial charge in [0.05, 0.1) is 12.1 Å². The number of carbonyl (C=O) groups excluding carboxylic acids is 1. The SMILES string of the molecule is CCCC1C[C@@H](C(=O)N[C@H](CNC23CC(C2)C3)[C@H]2OC(SC)[C@H](O)C(O)C2O)N(C)C1. The zero-order valence-corrected chi connectivity index (χ0v) is 19.7. The Balaban J connectivity index is 1.45. The fourth-order valence-corrected chi connectivity index (χ4v) is 6.66. The number of hydrogen-bond donors (Lipinski definition) is 5. The maximum atomic E-state index is 13.2. The van der Waals surface area contributed by atoms with Crippen molar-refractivity contribution in [3.8, 4) is 0 Å². The molecule has 3 saturated carbocycles. The summed E-state index contributed by atoms with van der Waals surface area (Å²) in [5.41, 5.74) is -0.485. The third-order valence-corrected chi connectivity index (χ3v) is 8.79. The zero-order chi connectivity index (χ0) is 22.3. The molecule has 2 bridgehead atoms. The van der Waals surface area contributed by atoms with E-state index < -0.39 is 35.9 Å². The molecule has 2 aliphatic heterocycles. The molecule has 178 valence electrons. The minimum atomic E-state index is -1.31. The van der Waals surface area contributed by atoms with E-state index in [1.807, 2.05) is 7.05 Å². The van der Waals surface area contributed by atoms with Crippen LogP contribution in [-0.2, 0) is 9.53 Å². The predicted octanol–water partition coefficient (Wildman–Crippen LogP) is -0.0957. The van der Waals surface area contributed by atoms with Crippen LogP contribution in [0, 0.1) is 11.8 Å². The van der Waals surface area contributed by atoms with E-state index in [4.69, 9.17) is 4.74 Å². The Labute approximate surface area is 189 Å². The number of nitrogens with one attached hydrogen (secondary N) is 2. The van der Waals surface area contributed by atoms with E-state index in [0.29, 0.717) is 12.5 Å². The normalized spacial score (nSPS) is 45.6. The highest BCUT2D eigenvalue weighted by Crippen LogP contribution is 2.56. The van der Waals surface area contributed by atoms with E-state index >= 15 is 0 Å². The monoisotopic (exact) mass is 457 g/mol. The van der Waals surface area contributed by atoms with Crippen LogP contribution in [0.5, 0.6) is 0 Å². The van der Waals surface area contributed by atoms with Crippen molar-refractivity contribution in [3.63, 3.8) is 0 Å². The summed E-state index contributed by atoms with van der Waals surface area (Å²) in [6.45, 7) is 3.56. The summed E-state index contributed by atoms with van der Waals surface area (Å²) in [6.07, 6.45) is 3.82. The van der Waals surface area contributed by atoms with E-state index in [0.717, 1.165) is 31.7 Å². The van der Waals surface area contributed by atoms with Crippen LogP contribution in [0.25, 0.3) is 0 Å². The summed E-state index contributed by atoms with van der Waals surface area (Å²) >= 11 is 1.29. The first-order valence-corrected chi connectivity index (χ1v) is 13.0. The number of likely N-dealkylation sites (N-methyl/N-ethyl adjacent to an activating group) is 1.